The van der Waals surface area contributed by atoms with Gasteiger partial charge in [0, 0.05) is 31.8 Å². The van der Waals surface area contributed by atoms with E-state index in [0.29, 0.717) is 18.6 Å². The summed E-state index contributed by atoms with van der Waals surface area (Å²) in [6, 6.07) is 8.51. The zero-order valence-electron chi connectivity index (χ0n) is 12.8. The average Bonchev–Trinajstić information content (AvgIpc) is 3.00. The van der Waals surface area contributed by atoms with Gasteiger partial charge in [0.15, 0.2) is 0 Å². The molecule has 0 atom stereocenters. The van der Waals surface area contributed by atoms with Crippen molar-refractivity contribution < 1.29 is 4.79 Å². The number of carbonyl (C=O) groups excluding carboxylic acids is 1. The standard InChI is InChI=1S/C18H24N2O/c1-2-3-5-16-7-9-17(10-8-16)14-18(21)6-4-12-20-13-11-19-15-20/h7-11,13,15H,2-6,12,14H2,1H3. The maximum Gasteiger partial charge on any atom is 0.137 e. The largest absolute Gasteiger partial charge is 0.337 e. The summed E-state index contributed by atoms with van der Waals surface area (Å²) in [7, 11) is 0. The topological polar surface area (TPSA) is 34.9 Å². The van der Waals surface area contributed by atoms with Gasteiger partial charge in [-0.3, -0.25) is 4.79 Å². The molecule has 2 aromatic rings. The molecule has 112 valence electrons. The van der Waals surface area contributed by atoms with Crippen molar-refractivity contribution in [1.82, 2.24) is 9.55 Å². The van der Waals surface area contributed by atoms with E-state index in [2.05, 4.69) is 36.2 Å². The monoisotopic (exact) mass is 284 g/mol. The molecule has 0 bridgehead atoms. The van der Waals surface area contributed by atoms with Crippen molar-refractivity contribution in [1.29, 1.82) is 0 Å². The fraction of sp³-hybridized carbons (Fsp3) is 0.444. The molecule has 0 amide bonds. The molecule has 0 saturated carbocycles. The van der Waals surface area contributed by atoms with Crippen molar-refractivity contribution in [3.05, 3.63) is 54.1 Å². The van der Waals surface area contributed by atoms with Crippen LogP contribution in [-0.2, 0) is 24.2 Å². The highest BCUT2D eigenvalue weighted by Gasteiger charge is 2.04. The summed E-state index contributed by atoms with van der Waals surface area (Å²) >= 11 is 0. The van der Waals surface area contributed by atoms with E-state index in [9.17, 15) is 4.79 Å². The van der Waals surface area contributed by atoms with Gasteiger partial charge in [-0.1, -0.05) is 37.6 Å². The maximum atomic E-state index is 12.0. The Kier molecular flexibility index (Phi) is 6.20. The number of benzene rings is 1. The van der Waals surface area contributed by atoms with Gasteiger partial charge < -0.3 is 4.57 Å². The highest BCUT2D eigenvalue weighted by Crippen LogP contribution is 2.10. The van der Waals surface area contributed by atoms with E-state index in [4.69, 9.17) is 0 Å². The minimum absolute atomic E-state index is 0.316. The summed E-state index contributed by atoms with van der Waals surface area (Å²) in [5.74, 6) is 0.316. The van der Waals surface area contributed by atoms with Crippen molar-refractivity contribution in [2.24, 2.45) is 0 Å². The Morgan fingerprint density at radius 2 is 1.90 bits per heavy atom. The van der Waals surface area contributed by atoms with Crippen molar-refractivity contribution >= 4 is 5.78 Å². The first-order valence-electron chi connectivity index (χ1n) is 7.83. The molecule has 0 aliphatic carbocycles. The van der Waals surface area contributed by atoms with Crippen LogP contribution in [0.15, 0.2) is 43.0 Å². The lowest BCUT2D eigenvalue weighted by Crippen LogP contribution is -2.05. The number of ketones is 1. The van der Waals surface area contributed by atoms with Crippen molar-refractivity contribution in [2.45, 2.75) is 52.0 Å². The van der Waals surface area contributed by atoms with Crippen LogP contribution >= 0.6 is 0 Å². The Morgan fingerprint density at radius 1 is 1.14 bits per heavy atom. The first-order valence-corrected chi connectivity index (χ1v) is 7.83. The van der Waals surface area contributed by atoms with Gasteiger partial charge in [-0.25, -0.2) is 4.98 Å². The number of aryl methyl sites for hydroxylation is 2. The lowest BCUT2D eigenvalue weighted by atomic mass is 10.0. The third-order valence-electron chi connectivity index (χ3n) is 3.67. The molecule has 0 aliphatic heterocycles. The first-order chi connectivity index (χ1) is 10.3. The second-order valence-electron chi connectivity index (χ2n) is 5.54. The molecule has 1 aromatic carbocycles. The van der Waals surface area contributed by atoms with Crippen LogP contribution in [0.1, 0.15) is 43.7 Å². The Morgan fingerprint density at radius 3 is 2.57 bits per heavy atom. The molecule has 0 spiro atoms. The number of aromatic nitrogens is 2. The minimum Gasteiger partial charge on any atom is -0.337 e. The quantitative estimate of drug-likeness (QED) is 0.701. The zero-order valence-corrected chi connectivity index (χ0v) is 12.8. The highest BCUT2D eigenvalue weighted by molar-refractivity contribution is 5.80. The number of nitrogens with zero attached hydrogens (tertiary/aromatic N) is 2. The van der Waals surface area contributed by atoms with Crippen LogP contribution in [0.4, 0.5) is 0 Å². The summed E-state index contributed by atoms with van der Waals surface area (Å²) < 4.78 is 2.01. The molecule has 1 aromatic heterocycles. The third kappa shape index (κ3) is 5.54. The van der Waals surface area contributed by atoms with Crippen molar-refractivity contribution in [2.75, 3.05) is 0 Å². The Hall–Kier alpha value is -1.90. The molecule has 0 saturated heterocycles. The van der Waals surface area contributed by atoms with Gasteiger partial charge in [0.2, 0.25) is 0 Å². The second-order valence-corrected chi connectivity index (χ2v) is 5.54. The van der Waals surface area contributed by atoms with E-state index in [1.54, 1.807) is 12.5 Å². The molecule has 0 N–H and O–H groups in total. The van der Waals surface area contributed by atoms with Crippen molar-refractivity contribution in [3.8, 4) is 0 Å². The van der Waals surface area contributed by atoms with Gasteiger partial charge >= 0.3 is 0 Å². The number of hydrogen-bond acceptors (Lipinski definition) is 2. The van der Waals surface area contributed by atoms with Crippen LogP contribution in [0.2, 0.25) is 0 Å². The van der Waals surface area contributed by atoms with Crippen LogP contribution in [0.3, 0.4) is 0 Å². The predicted molar refractivity (Wildman–Crippen MR) is 85.2 cm³/mol. The lowest BCUT2D eigenvalue weighted by Gasteiger charge is -2.04. The van der Waals surface area contributed by atoms with E-state index in [-0.39, 0.29) is 0 Å². The molecular weight excluding hydrogens is 260 g/mol. The SMILES string of the molecule is CCCCc1ccc(CC(=O)CCCn2ccnc2)cc1. The Labute approximate surface area is 127 Å². The molecule has 0 aliphatic rings. The Balaban J connectivity index is 1.71. The second kappa shape index (κ2) is 8.40. The molecule has 0 fully saturated rings. The van der Waals surface area contributed by atoms with Gasteiger partial charge in [0.25, 0.3) is 0 Å². The number of unbranched alkanes of at least 4 members (excludes halogenated alkanes) is 1. The number of Topliss-reactive ketones (excluding diaryl/α,β-unsaturated/α-hetero) is 1. The van der Waals surface area contributed by atoms with Gasteiger partial charge in [-0.05, 0) is 30.4 Å². The zero-order chi connectivity index (χ0) is 14.9. The minimum atomic E-state index is 0.316. The van der Waals surface area contributed by atoms with E-state index >= 15 is 0 Å². The normalized spacial score (nSPS) is 10.7. The molecule has 3 nitrogen and oxygen atoms in total. The average molecular weight is 284 g/mol. The molecule has 0 unspecified atom stereocenters. The van der Waals surface area contributed by atoms with Crippen LogP contribution in [0.25, 0.3) is 0 Å². The molecule has 2 rings (SSSR count). The fourth-order valence-electron chi connectivity index (χ4n) is 2.40. The number of rotatable bonds is 9. The van der Waals surface area contributed by atoms with E-state index in [0.717, 1.165) is 24.9 Å². The summed E-state index contributed by atoms with van der Waals surface area (Å²) in [5.41, 5.74) is 2.50. The van der Waals surface area contributed by atoms with E-state index < -0.39 is 0 Å². The highest BCUT2D eigenvalue weighted by atomic mass is 16.1. The van der Waals surface area contributed by atoms with Gasteiger partial charge in [-0.2, -0.15) is 0 Å². The predicted octanol–water partition coefficient (Wildman–Crippen LogP) is 3.82. The summed E-state index contributed by atoms with van der Waals surface area (Å²) in [4.78, 5) is 16.0. The fourth-order valence-corrected chi connectivity index (χ4v) is 2.40. The van der Waals surface area contributed by atoms with Gasteiger partial charge in [0.05, 0.1) is 6.33 Å². The molecule has 21 heavy (non-hydrogen) atoms. The van der Waals surface area contributed by atoms with Crippen molar-refractivity contribution in [3.63, 3.8) is 0 Å². The Bertz CT molecular complexity index is 529. The van der Waals surface area contributed by atoms with E-state index in [1.165, 1.54) is 18.4 Å². The molecular formula is C18H24N2O. The summed E-state index contributed by atoms with van der Waals surface area (Å²) in [5, 5.41) is 0. The van der Waals surface area contributed by atoms with E-state index in [1.807, 2.05) is 10.8 Å². The molecule has 3 heteroatoms. The maximum absolute atomic E-state index is 12.0. The van der Waals surface area contributed by atoms with Crippen LogP contribution in [0.5, 0.6) is 0 Å². The summed E-state index contributed by atoms with van der Waals surface area (Å²) in [6.07, 6.45) is 11.1. The summed E-state index contributed by atoms with van der Waals surface area (Å²) in [6.45, 7) is 3.07. The smallest absolute Gasteiger partial charge is 0.137 e. The first kappa shape index (κ1) is 15.5. The van der Waals surface area contributed by atoms with Gasteiger partial charge in [0.1, 0.15) is 5.78 Å². The molecule has 1 heterocycles. The van der Waals surface area contributed by atoms with Crippen LogP contribution < -0.4 is 0 Å². The van der Waals surface area contributed by atoms with Crippen LogP contribution in [-0.4, -0.2) is 15.3 Å². The number of imidazole rings is 1. The number of hydrogen-bond donors (Lipinski definition) is 0. The molecule has 0 radical (unpaired) electrons. The lowest BCUT2D eigenvalue weighted by molar-refractivity contribution is -0.118. The van der Waals surface area contributed by atoms with Crippen LogP contribution in [0, 0.1) is 0 Å². The third-order valence-corrected chi connectivity index (χ3v) is 3.67. The number of carbonyl (C=O) groups is 1. The van der Waals surface area contributed by atoms with Gasteiger partial charge in [-0.15, -0.1) is 0 Å².